The molecule has 2 fully saturated rings. The van der Waals surface area contributed by atoms with Crippen molar-refractivity contribution in [3.8, 4) is 0 Å². The molecule has 2 aliphatic rings. The first kappa shape index (κ1) is 14.3. The minimum atomic E-state index is 0.313. The summed E-state index contributed by atoms with van der Waals surface area (Å²) in [7, 11) is 0. The molecule has 1 atom stereocenters. The van der Waals surface area contributed by atoms with E-state index in [0.717, 1.165) is 58.7 Å². The third-order valence-electron chi connectivity index (χ3n) is 4.55. The molecule has 2 rings (SSSR count). The molecule has 4 nitrogen and oxygen atoms in total. The number of rotatable bonds is 6. The minimum absolute atomic E-state index is 0.313. The van der Waals surface area contributed by atoms with E-state index in [-0.39, 0.29) is 0 Å². The molecule has 0 radical (unpaired) electrons. The first-order valence-electron chi connectivity index (χ1n) is 7.43. The van der Waals surface area contributed by atoms with Crippen molar-refractivity contribution in [1.82, 2.24) is 10.2 Å². The summed E-state index contributed by atoms with van der Waals surface area (Å²) >= 11 is 0. The van der Waals surface area contributed by atoms with Gasteiger partial charge in [0.15, 0.2) is 0 Å². The zero-order chi connectivity index (χ0) is 12.8. The summed E-state index contributed by atoms with van der Waals surface area (Å²) in [5.41, 5.74) is 0.353. The Bertz CT molecular complexity index is 242. The Labute approximate surface area is 111 Å². The molecule has 18 heavy (non-hydrogen) atoms. The third kappa shape index (κ3) is 3.44. The molecule has 0 bridgehead atoms. The lowest BCUT2D eigenvalue weighted by atomic mass is 9.79. The van der Waals surface area contributed by atoms with Crippen molar-refractivity contribution >= 4 is 0 Å². The van der Waals surface area contributed by atoms with Gasteiger partial charge in [-0.1, -0.05) is 6.92 Å². The van der Waals surface area contributed by atoms with Crippen LogP contribution in [0.15, 0.2) is 0 Å². The number of aliphatic hydroxyl groups is 1. The highest BCUT2D eigenvalue weighted by molar-refractivity contribution is 4.90. The van der Waals surface area contributed by atoms with Crippen molar-refractivity contribution in [3.63, 3.8) is 0 Å². The lowest BCUT2D eigenvalue weighted by molar-refractivity contribution is -0.00976. The zero-order valence-electron chi connectivity index (χ0n) is 11.7. The van der Waals surface area contributed by atoms with Crippen molar-refractivity contribution in [2.24, 2.45) is 5.41 Å². The fourth-order valence-electron chi connectivity index (χ4n) is 3.33. The molecule has 1 unspecified atom stereocenters. The molecule has 4 heteroatoms. The Balaban J connectivity index is 1.95. The van der Waals surface area contributed by atoms with Crippen molar-refractivity contribution < 1.29 is 9.84 Å². The summed E-state index contributed by atoms with van der Waals surface area (Å²) < 4.78 is 5.53. The highest BCUT2D eigenvalue weighted by Gasteiger charge is 2.37. The van der Waals surface area contributed by atoms with Gasteiger partial charge in [-0.25, -0.2) is 0 Å². The quantitative estimate of drug-likeness (QED) is 0.739. The molecule has 2 N–H and O–H groups in total. The van der Waals surface area contributed by atoms with Gasteiger partial charge in [0, 0.05) is 32.3 Å². The Kier molecular flexibility index (Phi) is 5.42. The molecule has 2 heterocycles. The van der Waals surface area contributed by atoms with Crippen LogP contribution in [0.4, 0.5) is 0 Å². The predicted octanol–water partition coefficient (Wildman–Crippen LogP) is 0.849. The van der Waals surface area contributed by atoms with E-state index in [1.807, 2.05) is 0 Å². The van der Waals surface area contributed by atoms with Gasteiger partial charge in [-0.3, -0.25) is 4.90 Å². The Hall–Kier alpha value is -0.160. The van der Waals surface area contributed by atoms with Gasteiger partial charge in [0.05, 0.1) is 6.61 Å². The van der Waals surface area contributed by atoms with E-state index < -0.39 is 0 Å². The molecule has 2 aliphatic heterocycles. The van der Waals surface area contributed by atoms with E-state index in [2.05, 4.69) is 17.1 Å². The lowest BCUT2D eigenvalue weighted by Gasteiger charge is -2.41. The van der Waals surface area contributed by atoms with E-state index in [1.165, 1.54) is 6.42 Å². The second-order valence-electron chi connectivity index (χ2n) is 5.84. The number of likely N-dealkylation sites (tertiary alicyclic amines) is 1. The molecule has 2 saturated heterocycles. The second-order valence-corrected chi connectivity index (χ2v) is 5.84. The van der Waals surface area contributed by atoms with Crippen LogP contribution < -0.4 is 5.32 Å². The van der Waals surface area contributed by atoms with Gasteiger partial charge in [-0.2, -0.15) is 0 Å². The molecule has 0 amide bonds. The Morgan fingerprint density at radius 3 is 2.83 bits per heavy atom. The SMILES string of the molecule is CCNCC1(CN2CCCC2CO)CCOCC1. The smallest absolute Gasteiger partial charge is 0.0586 e. The van der Waals surface area contributed by atoms with Crippen LogP contribution in [-0.2, 0) is 4.74 Å². The van der Waals surface area contributed by atoms with Crippen LogP contribution in [0.2, 0.25) is 0 Å². The van der Waals surface area contributed by atoms with Crippen molar-refractivity contribution in [2.75, 3.05) is 46.0 Å². The van der Waals surface area contributed by atoms with Crippen molar-refractivity contribution in [1.29, 1.82) is 0 Å². The molecule has 0 aromatic heterocycles. The molecule has 106 valence electrons. The molecule has 0 spiro atoms. The number of nitrogens with one attached hydrogen (secondary N) is 1. The average molecular weight is 256 g/mol. The number of aliphatic hydroxyl groups excluding tert-OH is 1. The van der Waals surface area contributed by atoms with Gasteiger partial charge >= 0.3 is 0 Å². The fraction of sp³-hybridized carbons (Fsp3) is 1.00. The monoisotopic (exact) mass is 256 g/mol. The summed E-state index contributed by atoms with van der Waals surface area (Å²) in [6.45, 7) is 8.65. The number of nitrogens with zero attached hydrogens (tertiary/aromatic N) is 1. The largest absolute Gasteiger partial charge is 0.395 e. The van der Waals surface area contributed by atoms with E-state index in [1.54, 1.807) is 0 Å². The van der Waals surface area contributed by atoms with Crippen LogP contribution in [0.1, 0.15) is 32.6 Å². The van der Waals surface area contributed by atoms with Crippen molar-refractivity contribution in [2.45, 2.75) is 38.6 Å². The lowest BCUT2D eigenvalue weighted by Crippen LogP contribution is -2.49. The van der Waals surface area contributed by atoms with Crippen LogP contribution >= 0.6 is 0 Å². The highest BCUT2D eigenvalue weighted by atomic mass is 16.5. The first-order valence-corrected chi connectivity index (χ1v) is 7.43. The summed E-state index contributed by atoms with van der Waals surface area (Å²) in [5, 5.41) is 13.0. The average Bonchev–Trinajstić information content (AvgIpc) is 2.84. The van der Waals surface area contributed by atoms with Gasteiger partial charge in [0.2, 0.25) is 0 Å². The van der Waals surface area contributed by atoms with Crippen LogP contribution in [0.25, 0.3) is 0 Å². The summed E-state index contributed by atoms with van der Waals surface area (Å²) in [5.74, 6) is 0. The maximum Gasteiger partial charge on any atom is 0.0586 e. The zero-order valence-corrected chi connectivity index (χ0v) is 11.7. The van der Waals surface area contributed by atoms with Crippen LogP contribution in [0, 0.1) is 5.41 Å². The molecule has 0 aliphatic carbocycles. The maximum absolute atomic E-state index is 9.44. The standard InChI is InChI=1S/C14H28N2O2/c1-2-15-11-14(5-8-18-9-6-14)12-16-7-3-4-13(16)10-17/h13,15,17H,2-12H2,1H3. The normalized spacial score (nSPS) is 28.7. The highest BCUT2D eigenvalue weighted by Crippen LogP contribution is 2.33. The minimum Gasteiger partial charge on any atom is -0.395 e. The molecule has 0 aromatic carbocycles. The number of hydrogen-bond acceptors (Lipinski definition) is 4. The number of ether oxygens (including phenoxy) is 1. The predicted molar refractivity (Wildman–Crippen MR) is 72.7 cm³/mol. The topological polar surface area (TPSA) is 44.7 Å². The van der Waals surface area contributed by atoms with Crippen LogP contribution in [-0.4, -0.2) is 62.0 Å². The molecule has 0 aromatic rings. The van der Waals surface area contributed by atoms with Gasteiger partial charge in [-0.15, -0.1) is 0 Å². The Morgan fingerprint density at radius 2 is 2.17 bits per heavy atom. The first-order chi connectivity index (χ1) is 8.79. The van der Waals surface area contributed by atoms with Gasteiger partial charge in [0.25, 0.3) is 0 Å². The third-order valence-corrected chi connectivity index (χ3v) is 4.55. The van der Waals surface area contributed by atoms with Crippen LogP contribution in [0.5, 0.6) is 0 Å². The van der Waals surface area contributed by atoms with Crippen LogP contribution in [0.3, 0.4) is 0 Å². The van der Waals surface area contributed by atoms with Gasteiger partial charge < -0.3 is 15.2 Å². The van der Waals surface area contributed by atoms with Gasteiger partial charge in [0.1, 0.15) is 0 Å². The summed E-state index contributed by atoms with van der Waals surface area (Å²) in [4.78, 5) is 2.50. The maximum atomic E-state index is 9.44. The van der Waals surface area contributed by atoms with E-state index >= 15 is 0 Å². The summed E-state index contributed by atoms with van der Waals surface area (Å²) in [6.07, 6.45) is 4.69. The molecule has 0 saturated carbocycles. The van der Waals surface area contributed by atoms with Crippen molar-refractivity contribution in [3.05, 3.63) is 0 Å². The fourth-order valence-corrected chi connectivity index (χ4v) is 3.33. The Morgan fingerprint density at radius 1 is 1.39 bits per heavy atom. The van der Waals surface area contributed by atoms with Gasteiger partial charge in [-0.05, 0) is 44.2 Å². The molecular formula is C14H28N2O2. The number of hydrogen-bond donors (Lipinski definition) is 2. The van der Waals surface area contributed by atoms with E-state index in [4.69, 9.17) is 4.74 Å². The summed E-state index contributed by atoms with van der Waals surface area (Å²) in [6, 6.07) is 0.395. The van der Waals surface area contributed by atoms with E-state index in [9.17, 15) is 5.11 Å². The van der Waals surface area contributed by atoms with E-state index in [0.29, 0.717) is 18.1 Å². The molecular weight excluding hydrogens is 228 g/mol. The second kappa shape index (κ2) is 6.85.